The second kappa shape index (κ2) is 6.78. The molecule has 1 N–H and O–H groups in total. The van der Waals surface area contributed by atoms with Gasteiger partial charge in [-0.3, -0.25) is 4.90 Å². The van der Waals surface area contributed by atoms with E-state index in [0.29, 0.717) is 0 Å². The molecule has 2 nitrogen and oxygen atoms in total. The predicted molar refractivity (Wildman–Crippen MR) is 88.2 cm³/mol. The highest BCUT2D eigenvalue weighted by Crippen LogP contribution is 2.32. The van der Waals surface area contributed by atoms with Gasteiger partial charge in [0.25, 0.3) is 0 Å². The molecule has 1 atom stereocenters. The first kappa shape index (κ1) is 14.8. The minimum absolute atomic E-state index is 0.801. The molecule has 4 heteroatoms. The molecule has 1 saturated carbocycles. The molecule has 0 radical (unpaired) electrons. The summed E-state index contributed by atoms with van der Waals surface area (Å²) in [4.78, 5) is 2.67. The molecule has 1 unspecified atom stereocenters. The van der Waals surface area contributed by atoms with Crippen molar-refractivity contribution in [1.82, 2.24) is 10.2 Å². The third-order valence-corrected chi connectivity index (χ3v) is 5.32. The number of rotatable bonds is 5. The molecule has 0 bridgehead atoms. The molecular weight excluding hydrogens is 336 g/mol. The van der Waals surface area contributed by atoms with Gasteiger partial charge in [0.2, 0.25) is 0 Å². The lowest BCUT2D eigenvalue weighted by atomic mass is 9.98. The van der Waals surface area contributed by atoms with Crippen molar-refractivity contribution in [2.24, 2.45) is 5.92 Å². The van der Waals surface area contributed by atoms with Gasteiger partial charge in [-0.15, -0.1) is 0 Å². The average Bonchev–Trinajstić information content (AvgIpc) is 3.26. The largest absolute Gasteiger partial charge is 0.316 e. The highest BCUT2D eigenvalue weighted by atomic mass is 79.9. The molecule has 110 valence electrons. The molecule has 1 aliphatic carbocycles. The summed E-state index contributed by atoms with van der Waals surface area (Å²) in [5.41, 5.74) is 1.35. The minimum atomic E-state index is 0.801. The van der Waals surface area contributed by atoms with E-state index in [2.05, 4.69) is 32.2 Å². The Kier molecular flexibility index (Phi) is 5.03. The molecule has 0 aromatic heterocycles. The van der Waals surface area contributed by atoms with Gasteiger partial charge in [-0.05, 0) is 62.4 Å². The molecule has 2 aliphatic rings. The SMILES string of the molecule is Clc1ccc(CN(CC2CCCNC2)C2CC2)c(Br)c1. The molecule has 0 spiro atoms. The Hall–Kier alpha value is -0.0900. The van der Waals surface area contributed by atoms with Crippen LogP contribution in [0.5, 0.6) is 0 Å². The number of nitrogens with one attached hydrogen (secondary N) is 1. The normalized spacial score (nSPS) is 23.2. The summed E-state index contributed by atoms with van der Waals surface area (Å²) in [5, 5.41) is 4.33. The zero-order valence-corrected chi connectivity index (χ0v) is 14.1. The van der Waals surface area contributed by atoms with Crippen LogP contribution in [0.15, 0.2) is 22.7 Å². The summed E-state index contributed by atoms with van der Waals surface area (Å²) in [6.45, 7) is 4.65. The third-order valence-electron chi connectivity index (χ3n) is 4.34. The maximum atomic E-state index is 6.03. The van der Waals surface area contributed by atoms with E-state index < -0.39 is 0 Å². The summed E-state index contributed by atoms with van der Waals surface area (Å²) >= 11 is 9.68. The molecule has 1 saturated heterocycles. The predicted octanol–water partition coefficient (Wildman–Crippen LogP) is 4.07. The van der Waals surface area contributed by atoms with Crippen LogP contribution in [0.25, 0.3) is 0 Å². The molecule has 1 aromatic carbocycles. The summed E-state index contributed by atoms with van der Waals surface area (Å²) in [5.74, 6) is 0.815. The van der Waals surface area contributed by atoms with Crippen molar-refractivity contribution in [2.45, 2.75) is 38.3 Å². The van der Waals surface area contributed by atoms with Gasteiger partial charge in [0.15, 0.2) is 0 Å². The summed E-state index contributed by atoms with van der Waals surface area (Å²) in [6, 6.07) is 6.96. The summed E-state index contributed by atoms with van der Waals surface area (Å²) in [6.07, 6.45) is 5.43. The highest BCUT2D eigenvalue weighted by Gasteiger charge is 2.31. The molecule has 1 aromatic rings. The number of halogens is 2. The van der Waals surface area contributed by atoms with Crippen LogP contribution in [0, 0.1) is 5.92 Å². The Morgan fingerprint density at radius 2 is 2.15 bits per heavy atom. The van der Waals surface area contributed by atoms with Gasteiger partial charge < -0.3 is 5.32 Å². The number of hydrogen-bond acceptors (Lipinski definition) is 2. The van der Waals surface area contributed by atoms with Gasteiger partial charge in [-0.25, -0.2) is 0 Å². The lowest BCUT2D eigenvalue weighted by molar-refractivity contribution is 0.192. The second-order valence-corrected chi connectivity index (χ2v) is 7.40. The summed E-state index contributed by atoms with van der Waals surface area (Å²) < 4.78 is 1.14. The van der Waals surface area contributed by atoms with Crippen LogP contribution in [0.4, 0.5) is 0 Å². The molecule has 1 heterocycles. The quantitative estimate of drug-likeness (QED) is 0.854. The zero-order valence-electron chi connectivity index (χ0n) is 11.7. The Labute approximate surface area is 135 Å². The fourth-order valence-corrected chi connectivity index (χ4v) is 3.87. The van der Waals surface area contributed by atoms with E-state index in [1.54, 1.807) is 0 Å². The number of piperidine rings is 1. The van der Waals surface area contributed by atoms with E-state index in [4.69, 9.17) is 11.6 Å². The van der Waals surface area contributed by atoms with E-state index in [-0.39, 0.29) is 0 Å². The number of hydrogen-bond donors (Lipinski definition) is 1. The first-order valence-corrected chi connectivity index (χ1v) is 8.78. The van der Waals surface area contributed by atoms with Crippen molar-refractivity contribution in [2.75, 3.05) is 19.6 Å². The Morgan fingerprint density at radius 1 is 1.30 bits per heavy atom. The van der Waals surface area contributed by atoms with Crippen LogP contribution < -0.4 is 5.32 Å². The van der Waals surface area contributed by atoms with Gasteiger partial charge in [0.1, 0.15) is 0 Å². The molecular formula is C16H22BrClN2. The van der Waals surface area contributed by atoms with Gasteiger partial charge >= 0.3 is 0 Å². The molecule has 1 aliphatic heterocycles. The van der Waals surface area contributed by atoms with E-state index in [1.165, 1.54) is 50.9 Å². The van der Waals surface area contributed by atoms with Crippen LogP contribution in [0.2, 0.25) is 5.02 Å². The van der Waals surface area contributed by atoms with Crippen LogP contribution in [-0.2, 0) is 6.54 Å². The van der Waals surface area contributed by atoms with E-state index in [1.807, 2.05) is 12.1 Å². The first-order valence-electron chi connectivity index (χ1n) is 7.61. The Balaban J connectivity index is 1.64. The zero-order chi connectivity index (χ0) is 13.9. The van der Waals surface area contributed by atoms with E-state index in [9.17, 15) is 0 Å². The highest BCUT2D eigenvalue weighted by molar-refractivity contribution is 9.10. The van der Waals surface area contributed by atoms with Crippen molar-refractivity contribution in [3.8, 4) is 0 Å². The van der Waals surface area contributed by atoms with Gasteiger partial charge in [-0.2, -0.15) is 0 Å². The maximum Gasteiger partial charge on any atom is 0.0417 e. The topological polar surface area (TPSA) is 15.3 Å². The van der Waals surface area contributed by atoms with Crippen molar-refractivity contribution < 1.29 is 0 Å². The smallest absolute Gasteiger partial charge is 0.0417 e. The molecule has 0 amide bonds. The number of benzene rings is 1. The van der Waals surface area contributed by atoms with Crippen molar-refractivity contribution in [1.29, 1.82) is 0 Å². The maximum absolute atomic E-state index is 6.03. The van der Waals surface area contributed by atoms with Crippen LogP contribution >= 0.6 is 27.5 Å². The van der Waals surface area contributed by atoms with Gasteiger partial charge in [0.05, 0.1) is 0 Å². The first-order chi connectivity index (χ1) is 9.72. The summed E-state index contributed by atoms with van der Waals surface area (Å²) in [7, 11) is 0. The van der Waals surface area contributed by atoms with E-state index in [0.717, 1.165) is 28.0 Å². The van der Waals surface area contributed by atoms with Gasteiger partial charge in [0, 0.05) is 28.6 Å². The van der Waals surface area contributed by atoms with Crippen LogP contribution in [0.1, 0.15) is 31.2 Å². The average molecular weight is 358 g/mol. The number of nitrogens with zero attached hydrogens (tertiary/aromatic N) is 1. The second-order valence-electron chi connectivity index (χ2n) is 6.11. The Morgan fingerprint density at radius 3 is 2.80 bits per heavy atom. The third kappa shape index (κ3) is 3.97. The molecule has 20 heavy (non-hydrogen) atoms. The van der Waals surface area contributed by atoms with Crippen LogP contribution in [0.3, 0.4) is 0 Å². The fraction of sp³-hybridized carbons (Fsp3) is 0.625. The monoisotopic (exact) mass is 356 g/mol. The van der Waals surface area contributed by atoms with Crippen molar-refractivity contribution in [3.05, 3.63) is 33.3 Å². The standard InChI is InChI=1S/C16H22BrClN2/c17-16-8-14(18)4-3-13(16)11-20(15-5-6-15)10-12-2-1-7-19-9-12/h3-4,8,12,15,19H,1-2,5-7,9-11H2. The minimum Gasteiger partial charge on any atom is -0.316 e. The lowest BCUT2D eigenvalue weighted by Crippen LogP contribution is -2.39. The van der Waals surface area contributed by atoms with Gasteiger partial charge in [-0.1, -0.05) is 33.6 Å². The molecule has 2 fully saturated rings. The molecule has 3 rings (SSSR count). The van der Waals surface area contributed by atoms with Crippen LogP contribution in [-0.4, -0.2) is 30.6 Å². The van der Waals surface area contributed by atoms with Crippen molar-refractivity contribution >= 4 is 27.5 Å². The lowest BCUT2D eigenvalue weighted by Gasteiger charge is -2.30. The fourth-order valence-electron chi connectivity index (χ4n) is 3.06. The van der Waals surface area contributed by atoms with Crippen molar-refractivity contribution in [3.63, 3.8) is 0 Å². The van der Waals surface area contributed by atoms with E-state index >= 15 is 0 Å². The Bertz CT molecular complexity index is 456.